The summed E-state index contributed by atoms with van der Waals surface area (Å²) in [4.78, 5) is 31.7. The second-order valence-electron chi connectivity index (χ2n) is 6.29. The largest absolute Gasteiger partial charge is 0.389 e. The van der Waals surface area contributed by atoms with Crippen molar-refractivity contribution in [3.63, 3.8) is 0 Å². The Morgan fingerprint density at radius 1 is 1.29 bits per heavy atom. The Kier molecular flexibility index (Phi) is 3.38. The molecule has 0 radical (unpaired) electrons. The molecular weight excluding hydrogens is 310 g/mol. The number of aryl methyl sites for hydroxylation is 1. The van der Waals surface area contributed by atoms with Crippen molar-refractivity contribution in [2.45, 2.75) is 31.6 Å². The molecule has 7 heteroatoms. The number of aliphatic hydroxyl groups is 1. The zero-order valence-corrected chi connectivity index (χ0v) is 13.0. The van der Waals surface area contributed by atoms with Crippen LogP contribution in [0.25, 0.3) is 0 Å². The van der Waals surface area contributed by atoms with Crippen molar-refractivity contribution in [2.75, 3.05) is 0 Å². The predicted molar refractivity (Wildman–Crippen MR) is 87.1 cm³/mol. The number of hydrogen-bond acceptors (Lipinski definition) is 5. The number of aromatic nitrogens is 2. The van der Waals surface area contributed by atoms with E-state index in [9.17, 15) is 14.7 Å². The molecule has 0 unspecified atom stereocenters. The second-order valence-corrected chi connectivity index (χ2v) is 6.29. The summed E-state index contributed by atoms with van der Waals surface area (Å²) in [6.45, 7) is 1.65. The van der Waals surface area contributed by atoms with E-state index in [2.05, 4.69) is 10.1 Å². The van der Waals surface area contributed by atoms with Gasteiger partial charge in [-0.1, -0.05) is 35.5 Å². The van der Waals surface area contributed by atoms with Gasteiger partial charge in [0.2, 0.25) is 0 Å². The van der Waals surface area contributed by atoms with E-state index in [1.165, 1.54) is 4.57 Å². The van der Waals surface area contributed by atoms with Crippen LogP contribution in [0, 0.1) is 12.8 Å². The molecule has 7 nitrogen and oxygen atoms in total. The fourth-order valence-corrected chi connectivity index (χ4v) is 3.61. The molecule has 0 spiro atoms. The van der Waals surface area contributed by atoms with Crippen molar-refractivity contribution in [1.82, 2.24) is 9.55 Å². The number of aliphatic hydroxyl groups excluding tert-OH is 1. The highest BCUT2D eigenvalue weighted by molar-refractivity contribution is 6.03. The summed E-state index contributed by atoms with van der Waals surface area (Å²) in [5, 5.41) is 14.5. The van der Waals surface area contributed by atoms with E-state index in [4.69, 9.17) is 4.84 Å². The van der Waals surface area contributed by atoms with Gasteiger partial charge in [0.1, 0.15) is 0 Å². The first-order valence-electron chi connectivity index (χ1n) is 7.85. The number of fused-ring (bicyclic) bond motifs is 1. The van der Waals surface area contributed by atoms with Gasteiger partial charge in [0.15, 0.2) is 6.10 Å². The molecule has 1 aromatic heterocycles. The monoisotopic (exact) mass is 327 g/mol. The molecule has 24 heavy (non-hydrogen) atoms. The molecule has 1 fully saturated rings. The van der Waals surface area contributed by atoms with Gasteiger partial charge < -0.3 is 9.94 Å². The standard InChI is InChI=1S/C17H17N3O4/c1-9-8-20(17(23)18-16(9)22)11-7-12(21)15-13(11)14(19-24-15)10-5-3-2-4-6-10/h2-6,8,11-13,15,21H,7H2,1H3,(H,18,22,23)/t11-,12+,13-,15-/m1/s1. The average molecular weight is 327 g/mol. The van der Waals surface area contributed by atoms with E-state index in [1.54, 1.807) is 13.1 Å². The molecule has 4 rings (SSSR count). The Morgan fingerprint density at radius 2 is 2.04 bits per heavy atom. The molecule has 2 N–H and O–H groups in total. The van der Waals surface area contributed by atoms with E-state index < -0.39 is 23.5 Å². The molecule has 0 saturated heterocycles. The average Bonchev–Trinajstić information content (AvgIpc) is 3.14. The number of nitrogens with one attached hydrogen (secondary N) is 1. The minimum Gasteiger partial charge on any atom is -0.389 e. The van der Waals surface area contributed by atoms with Crippen molar-refractivity contribution >= 4 is 5.71 Å². The molecule has 2 heterocycles. The molecule has 2 aliphatic rings. The summed E-state index contributed by atoms with van der Waals surface area (Å²) in [5.74, 6) is -0.245. The summed E-state index contributed by atoms with van der Waals surface area (Å²) in [6.07, 6.45) is 0.711. The third kappa shape index (κ3) is 2.20. The number of hydrogen-bond donors (Lipinski definition) is 2. The highest BCUT2D eigenvalue weighted by atomic mass is 16.7. The van der Waals surface area contributed by atoms with E-state index in [1.807, 2.05) is 30.3 Å². The summed E-state index contributed by atoms with van der Waals surface area (Å²) >= 11 is 0. The zero-order chi connectivity index (χ0) is 16.8. The smallest absolute Gasteiger partial charge is 0.328 e. The maximum Gasteiger partial charge on any atom is 0.328 e. The molecule has 1 saturated carbocycles. The maximum absolute atomic E-state index is 12.3. The first-order valence-corrected chi connectivity index (χ1v) is 7.85. The van der Waals surface area contributed by atoms with Crippen molar-refractivity contribution in [3.8, 4) is 0 Å². The van der Waals surface area contributed by atoms with E-state index in [0.717, 1.165) is 11.3 Å². The van der Waals surface area contributed by atoms with Crippen LogP contribution in [-0.4, -0.2) is 32.6 Å². The van der Waals surface area contributed by atoms with Crippen LogP contribution in [0.5, 0.6) is 0 Å². The van der Waals surface area contributed by atoms with Crippen molar-refractivity contribution in [3.05, 3.63) is 68.5 Å². The van der Waals surface area contributed by atoms with Gasteiger partial charge in [0, 0.05) is 11.8 Å². The van der Waals surface area contributed by atoms with E-state index in [-0.39, 0.29) is 12.0 Å². The van der Waals surface area contributed by atoms with Crippen molar-refractivity contribution in [1.29, 1.82) is 0 Å². The quantitative estimate of drug-likeness (QED) is 0.843. The van der Waals surface area contributed by atoms with E-state index >= 15 is 0 Å². The third-order valence-electron chi connectivity index (χ3n) is 4.79. The Hall–Kier alpha value is -2.67. The lowest BCUT2D eigenvalue weighted by atomic mass is 9.91. The lowest BCUT2D eigenvalue weighted by molar-refractivity contribution is -0.0104. The third-order valence-corrected chi connectivity index (χ3v) is 4.79. The molecule has 1 aromatic carbocycles. The molecule has 4 atom stereocenters. The summed E-state index contributed by atoms with van der Waals surface area (Å²) in [7, 11) is 0. The molecule has 1 aliphatic heterocycles. The highest BCUT2D eigenvalue weighted by Gasteiger charge is 2.52. The van der Waals surface area contributed by atoms with Crippen LogP contribution in [0.1, 0.15) is 23.6 Å². The Morgan fingerprint density at radius 3 is 2.79 bits per heavy atom. The van der Waals surface area contributed by atoms with Gasteiger partial charge in [-0.3, -0.25) is 14.3 Å². The molecule has 2 aromatic rings. The second kappa shape index (κ2) is 5.45. The van der Waals surface area contributed by atoms with Crippen LogP contribution in [0.4, 0.5) is 0 Å². The number of H-pyrrole nitrogens is 1. The Bertz CT molecular complexity index is 915. The molecule has 0 amide bonds. The predicted octanol–water partition coefficient (Wildman–Crippen LogP) is 0.570. The summed E-state index contributed by atoms with van der Waals surface area (Å²) in [6, 6.07) is 9.24. The zero-order valence-electron chi connectivity index (χ0n) is 13.0. The van der Waals surface area contributed by atoms with Crippen LogP contribution in [0.15, 0.2) is 51.3 Å². The van der Waals surface area contributed by atoms with Crippen LogP contribution in [0.3, 0.4) is 0 Å². The van der Waals surface area contributed by atoms with Crippen LogP contribution >= 0.6 is 0 Å². The first kappa shape index (κ1) is 14.9. The van der Waals surface area contributed by atoms with Gasteiger partial charge in [-0.15, -0.1) is 0 Å². The van der Waals surface area contributed by atoms with Gasteiger partial charge in [0.25, 0.3) is 5.56 Å². The lowest BCUT2D eigenvalue weighted by Crippen LogP contribution is -2.37. The SMILES string of the molecule is Cc1cn([C@@H]2C[C@H](O)[C@H]3ON=C(c4ccccc4)[C@H]32)c(=O)[nH]c1=O. The van der Waals surface area contributed by atoms with Gasteiger partial charge in [-0.05, 0) is 18.9 Å². The topological polar surface area (TPSA) is 96.7 Å². The minimum absolute atomic E-state index is 0.245. The normalized spacial score (nSPS) is 28.3. The van der Waals surface area contributed by atoms with E-state index in [0.29, 0.717) is 12.0 Å². The first-order chi connectivity index (χ1) is 11.6. The van der Waals surface area contributed by atoms with Crippen LogP contribution in [-0.2, 0) is 4.84 Å². The van der Waals surface area contributed by atoms with Gasteiger partial charge in [-0.2, -0.15) is 0 Å². The molecule has 124 valence electrons. The molecule has 1 aliphatic carbocycles. The summed E-state index contributed by atoms with van der Waals surface area (Å²) < 4.78 is 1.48. The summed E-state index contributed by atoms with van der Waals surface area (Å²) in [5.41, 5.74) is 1.19. The number of rotatable bonds is 2. The van der Waals surface area contributed by atoms with Gasteiger partial charge >= 0.3 is 5.69 Å². The number of oxime groups is 1. The Labute approximate surface area is 137 Å². The Balaban J connectivity index is 1.80. The maximum atomic E-state index is 12.3. The molecule has 0 bridgehead atoms. The van der Waals surface area contributed by atoms with Crippen LogP contribution in [0.2, 0.25) is 0 Å². The fourth-order valence-electron chi connectivity index (χ4n) is 3.61. The lowest BCUT2D eigenvalue weighted by Gasteiger charge is -2.21. The highest BCUT2D eigenvalue weighted by Crippen LogP contribution is 2.43. The van der Waals surface area contributed by atoms with Gasteiger partial charge in [0.05, 0.1) is 23.8 Å². The number of nitrogens with zero attached hydrogens (tertiary/aromatic N) is 2. The fraction of sp³-hybridized carbons (Fsp3) is 0.353. The van der Waals surface area contributed by atoms with Crippen LogP contribution < -0.4 is 11.2 Å². The minimum atomic E-state index is -0.718. The number of benzene rings is 1. The van der Waals surface area contributed by atoms with Gasteiger partial charge in [-0.25, -0.2) is 4.79 Å². The van der Waals surface area contributed by atoms with Crippen molar-refractivity contribution < 1.29 is 9.94 Å². The number of aromatic amines is 1. The molecular formula is C17H17N3O4. The van der Waals surface area contributed by atoms with Crippen molar-refractivity contribution in [2.24, 2.45) is 11.1 Å².